The van der Waals surface area contributed by atoms with Gasteiger partial charge in [0, 0.05) is 31.9 Å². The van der Waals surface area contributed by atoms with Crippen LogP contribution in [0.3, 0.4) is 0 Å². The summed E-state index contributed by atoms with van der Waals surface area (Å²) in [6.07, 6.45) is 3.28. The minimum atomic E-state index is -0.518. The Morgan fingerprint density at radius 3 is 2.65 bits per heavy atom. The SMILES string of the molecule is CN(C)C(=O)c1ccc(-n2cc(I)cn2)c([N+](=O)[O-])c1. The first-order valence-electron chi connectivity index (χ1n) is 5.61. The van der Waals surface area contributed by atoms with Crippen LogP contribution in [-0.2, 0) is 0 Å². The van der Waals surface area contributed by atoms with Crippen LogP contribution in [0, 0.1) is 13.7 Å². The number of nitro groups is 1. The van der Waals surface area contributed by atoms with Crippen molar-refractivity contribution in [3.05, 3.63) is 49.8 Å². The van der Waals surface area contributed by atoms with Crippen molar-refractivity contribution in [2.75, 3.05) is 14.1 Å². The molecule has 0 N–H and O–H groups in total. The second kappa shape index (κ2) is 5.57. The van der Waals surface area contributed by atoms with E-state index in [1.54, 1.807) is 32.6 Å². The van der Waals surface area contributed by atoms with Gasteiger partial charge in [0.05, 0.1) is 14.7 Å². The Kier molecular flexibility index (Phi) is 4.02. The van der Waals surface area contributed by atoms with Crippen LogP contribution in [0.4, 0.5) is 5.69 Å². The number of aromatic nitrogens is 2. The number of halogens is 1. The van der Waals surface area contributed by atoms with Crippen LogP contribution in [0.2, 0.25) is 0 Å². The third-order valence-corrected chi connectivity index (χ3v) is 3.18. The molecule has 0 aliphatic heterocycles. The minimum absolute atomic E-state index is 0.155. The molecule has 7 nitrogen and oxygen atoms in total. The van der Waals surface area contributed by atoms with Crippen molar-refractivity contribution in [3.63, 3.8) is 0 Å². The summed E-state index contributed by atoms with van der Waals surface area (Å²) in [5.74, 6) is -0.283. The molecule has 2 rings (SSSR count). The summed E-state index contributed by atoms with van der Waals surface area (Å²) >= 11 is 2.07. The van der Waals surface area contributed by atoms with E-state index in [9.17, 15) is 14.9 Å². The lowest BCUT2D eigenvalue weighted by Gasteiger charge is -2.11. The molecule has 1 aromatic carbocycles. The molecule has 104 valence electrons. The Morgan fingerprint density at radius 2 is 2.15 bits per heavy atom. The van der Waals surface area contributed by atoms with Crippen molar-refractivity contribution in [1.29, 1.82) is 0 Å². The molecule has 0 radical (unpaired) electrons. The monoisotopic (exact) mass is 386 g/mol. The fourth-order valence-electron chi connectivity index (χ4n) is 1.69. The molecular formula is C12H11IN4O3. The molecule has 0 atom stereocenters. The van der Waals surface area contributed by atoms with E-state index in [2.05, 4.69) is 27.7 Å². The van der Waals surface area contributed by atoms with E-state index in [1.165, 1.54) is 21.7 Å². The Morgan fingerprint density at radius 1 is 1.45 bits per heavy atom. The van der Waals surface area contributed by atoms with Crippen LogP contribution in [0.25, 0.3) is 5.69 Å². The number of benzene rings is 1. The van der Waals surface area contributed by atoms with Gasteiger partial charge in [-0.15, -0.1) is 0 Å². The van der Waals surface area contributed by atoms with Crippen molar-refractivity contribution in [3.8, 4) is 5.69 Å². The third-order valence-electron chi connectivity index (χ3n) is 2.62. The molecule has 1 heterocycles. The summed E-state index contributed by atoms with van der Waals surface area (Å²) in [6.45, 7) is 0. The van der Waals surface area contributed by atoms with Gasteiger partial charge in [-0.25, -0.2) is 4.68 Å². The fraction of sp³-hybridized carbons (Fsp3) is 0.167. The van der Waals surface area contributed by atoms with Gasteiger partial charge in [-0.05, 0) is 34.7 Å². The summed E-state index contributed by atoms with van der Waals surface area (Å²) < 4.78 is 2.29. The molecule has 0 saturated heterocycles. The van der Waals surface area contributed by atoms with Crippen LogP contribution in [0.1, 0.15) is 10.4 Å². The summed E-state index contributed by atoms with van der Waals surface area (Å²) in [5, 5.41) is 15.2. The van der Waals surface area contributed by atoms with E-state index in [0.29, 0.717) is 5.69 Å². The summed E-state index contributed by atoms with van der Waals surface area (Å²) in [4.78, 5) is 23.9. The zero-order valence-corrected chi connectivity index (χ0v) is 12.9. The van der Waals surface area contributed by atoms with E-state index < -0.39 is 4.92 Å². The van der Waals surface area contributed by atoms with Crippen molar-refractivity contribution < 1.29 is 9.72 Å². The minimum Gasteiger partial charge on any atom is -0.345 e. The van der Waals surface area contributed by atoms with E-state index >= 15 is 0 Å². The highest BCUT2D eigenvalue weighted by atomic mass is 127. The van der Waals surface area contributed by atoms with Crippen molar-refractivity contribution in [2.45, 2.75) is 0 Å². The molecule has 0 unspecified atom stereocenters. The first kappa shape index (κ1) is 14.4. The van der Waals surface area contributed by atoms with E-state index in [0.717, 1.165) is 3.57 Å². The average Bonchev–Trinajstić information content (AvgIpc) is 2.83. The van der Waals surface area contributed by atoms with Gasteiger partial charge in [0.1, 0.15) is 5.69 Å². The Labute approximate surface area is 128 Å². The van der Waals surface area contributed by atoms with Crippen molar-refractivity contribution >= 4 is 34.2 Å². The zero-order valence-electron chi connectivity index (χ0n) is 10.8. The lowest BCUT2D eigenvalue weighted by Crippen LogP contribution is -2.21. The van der Waals surface area contributed by atoms with Gasteiger partial charge < -0.3 is 4.90 Å². The molecule has 0 aliphatic carbocycles. The van der Waals surface area contributed by atoms with Gasteiger partial charge in [-0.2, -0.15) is 5.10 Å². The van der Waals surface area contributed by atoms with E-state index in [-0.39, 0.29) is 17.2 Å². The predicted molar refractivity (Wildman–Crippen MR) is 81.0 cm³/mol. The predicted octanol–water partition coefficient (Wildman–Crippen LogP) is 2.09. The van der Waals surface area contributed by atoms with Gasteiger partial charge in [0.2, 0.25) is 0 Å². The lowest BCUT2D eigenvalue weighted by molar-refractivity contribution is -0.384. The van der Waals surface area contributed by atoms with Crippen LogP contribution >= 0.6 is 22.6 Å². The molecule has 0 fully saturated rings. The highest BCUT2D eigenvalue weighted by Crippen LogP contribution is 2.24. The highest BCUT2D eigenvalue weighted by molar-refractivity contribution is 14.1. The molecule has 20 heavy (non-hydrogen) atoms. The second-order valence-corrected chi connectivity index (χ2v) is 5.51. The molecule has 0 bridgehead atoms. The van der Waals surface area contributed by atoms with Crippen LogP contribution in [0.5, 0.6) is 0 Å². The second-order valence-electron chi connectivity index (χ2n) is 4.26. The largest absolute Gasteiger partial charge is 0.345 e. The van der Waals surface area contributed by atoms with Crippen LogP contribution < -0.4 is 0 Å². The molecule has 1 amide bonds. The van der Waals surface area contributed by atoms with Gasteiger partial charge >= 0.3 is 0 Å². The number of rotatable bonds is 3. The number of amides is 1. The molecule has 0 spiro atoms. The summed E-state index contributed by atoms with van der Waals surface area (Å²) in [6, 6.07) is 4.35. The van der Waals surface area contributed by atoms with E-state index in [1.807, 2.05) is 0 Å². The maximum Gasteiger partial charge on any atom is 0.295 e. The fourth-order valence-corrected chi connectivity index (χ4v) is 2.08. The molecule has 2 aromatic rings. The van der Waals surface area contributed by atoms with Gasteiger partial charge in [-0.3, -0.25) is 14.9 Å². The number of nitrogens with zero attached hydrogens (tertiary/aromatic N) is 4. The Bertz CT molecular complexity index is 681. The maximum atomic E-state index is 11.9. The standard InChI is InChI=1S/C12H11IN4O3/c1-15(2)12(18)8-3-4-10(11(5-8)17(19)20)16-7-9(13)6-14-16/h3-7H,1-2H3. The van der Waals surface area contributed by atoms with Crippen LogP contribution in [-0.4, -0.2) is 39.6 Å². The maximum absolute atomic E-state index is 11.9. The van der Waals surface area contributed by atoms with Gasteiger partial charge in [-0.1, -0.05) is 0 Å². The topological polar surface area (TPSA) is 81.3 Å². The number of carbonyl (C=O) groups is 1. The van der Waals surface area contributed by atoms with Gasteiger partial charge in [0.15, 0.2) is 0 Å². The smallest absolute Gasteiger partial charge is 0.295 e. The highest BCUT2D eigenvalue weighted by Gasteiger charge is 2.20. The first-order valence-corrected chi connectivity index (χ1v) is 6.68. The third kappa shape index (κ3) is 2.79. The normalized spacial score (nSPS) is 10.3. The Balaban J connectivity index is 2.54. The quantitative estimate of drug-likeness (QED) is 0.460. The number of hydrogen-bond donors (Lipinski definition) is 0. The van der Waals surface area contributed by atoms with E-state index in [4.69, 9.17) is 0 Å². The molecule has 1 aromatic heterocycles. The van der Waals surface area contributed by atoms with Crippen LogP contribution in [0.15, 0.2) is 30.6 Å². The molecular weight excluding hydrogens is 375 g/mol. The van der Waals surface area contributed by atoms with Crippen molar-refractivity contribution in [2.24, 2.45) is 0 Å². The average molecular weight is 386 g/mol. The molecule has 8 heteroatoms. The number of hydrogen-bond acceptors (Lipinski definition) is 4. The number of nitro benzene ring substituents is 1. The summed E-state index contributed by atoms with van der Waals surface area (Å²) in [5.41, 5.74) is 0.442. The van der Waals surface area contributed by atoms with Crippen molar-refractivity contribution in [1.82, 2.24) is 14.7 Å². The lowest BCUT2D eigenvalue weighted by atomic mass is 10.1. The summed E-state index contributed by atoms with van der Waals surface area (Å²) in [7, 11) is 3.19. The zero-order chi connectivity index (χ0) is 14.9. The van der Waals surface area contributed by atoms with Gasteiger partial charge in [0.25, 0.3) is 11.6 Å². The molecule has 0 saturated carbocycles. The number of carbonyl (C=O) groups excluding carboxylic acids is 1. The molecule has 0 aliphatic rings. The first-order chi connectivity index (χ1) is 9.40. The Hall–Kier alpha value is -1.97.